The van der Waals surface area contributed by atoms with Crippen molar-refractivity contribution < 1.29 is 9.18 Å². The van der Waals surface area contributed by atoms with Gasteiger partial charge in [-0.25, -0.2) is 4.39 Å². The highest BCUT2D eigenvalue weighted by molar-refractivity contribution is 14.0. The average Bonchev–Trinajstić information content (AvgIpc) is 2.71. The minimum Gasteiger partial charge on any atom is -0.356 e. The molecule has 1 aromatic carbocycles. The number of benzene rings is 1. The van der Waals surface area contributed by atoms with Gasteiger partial charge in [0.1, 0.15) is 5.82 Å². The number of likely N-dealkylation sites (tertiary alicyclic amines) is 1. The molecule has 1 aliphatic heterocycles. The first kappa shape index (κ1) is 26.0. The highest BCUT2D eigenvalue weighted by Crippen LogP contribution is 2.17. The number of nitrogens with one attached hydrogen (secondary N) is 3. The van der Waals surface area contributed by atoms with Crippen molar-refractivity contribution in [3.05, 3.63) is 30.1 Å². The molecule has 1 saturated heterocycles. The maximum Gasteiger partial charge on any atom is 0.234 e. The molecule has 1 amide bonds. The van der Waals surface area contributed by atoms with Crippen LogP contribution in [0.3, 0.4) is 0 Å². The van der Waals surface area contributed by atoms with Gasteiger partial charge in [-0.2, -0.15) is 0 Å². The molecule has 3 N–H and O–H groups in total. The van der Waals surface area contributed by atoms with E-state index in [1.807, 2.05) is 0 Å². The molecule has 29 heavy (non-hydrogen) atoms. The van der Waals surface area contributed by atoms with E-state index in [0.717, 1.165) is 62.0 Å². The van der Waals surface area contributed by atoms with Gasteiger partial charge in [0.15, 0.2) is 5.96 Å². The minimum absolute atomic E-state index is 0. The van der Waals surface area contributed by atoms with Gasteiger partial charge in [-0.15, -0.1) is 35.7 Å². The van der Waals surface area contributed by atoms with Crippen LogP contribution < -0.4 is 16.0 Å². The van der Waals surface area contributed by atoms with Crippen molar-refractivity contribution in [2.24, 2.45) is 4.99 Å². The summed E-state index contributed by atoms with van der Waals surface area (Å²) < 4.78 is 12.9. The van der Waals surface area contributed by atoms with Crippen LogP contribution in [0.25, 0.3) is 0 Å². The summed E-state index contributed by atoms with van der Waals surface area (Å²) >= 11 is 1.68. The van der Waals surface area contributed by atoms with E-state index in [2.05, 4.69) is 32.8 Å². The topological polar surface area (TPSA) is 68.8 Å². The zero-order valence-corrected chi connectivity index (χ0v) is 20.4. The Morgan fingerprint density at radius 3 is 2.52 bits per heavy atom. The second kappa shape index (κ2) is 14.8. The standard InChI is InChI=1S/C20H32FN5OS.HI/c1-3-10-23-19(27)15-26-12-8-17(9-13-26)25-20(22-2)24-11-14-28-18-6-4-16(21)5-7-18;/h4-7,17H,3,8-15H2,1-2H3,(H,23,27)(H2,22,24,25);1H. The fourth-order valence-electron chi connectivity index (χ4n) is 3.02. The second-order valence-electron chi connectivity index (χ2n) is 6.85. The number of thioether (sulfide) groups is 1. The van der Waals surface area contributed by atoms with Gasteiger partial charge in [-0.1, -0.05) is 6.92 Å². The van der Waals surface area contributed by atoms with E-state index in [1.54, 1.807) is 30.9 Å². The molecule has 0 aromatic heterocycles. The predicted molar refractivity (Wildman–Crippen MR) is 130 cm³/mol. The lowest BCUT2D eigenvalue weighted by Crippen LogP contribution is -2.50. The van der Waals surface area contributed by atoms with Crippen LogP contribution in [0.2, 0.25) is 0 Å². The third-order valence-electron chi connectivity index (χ3n) is 4.57. The number of piperidine rings is 1. The Balaban J connectivity index is 0.00000420. The summed E-state index contributed by atoms with van der Waals surface area (Å²) in [5.74, 6) is 1.58. The number of hydrogen-bond donors (Lipinski definition) is 3. The number of amides is 1. The zero-order valence-electron chi connectivity index (χ0n) is 17.2. The molecular formula is C20H33FIN5OS. The molecular weight excluding hydrogens is 504 g/mol. The van der Waals surface area contributed by atoms with Gasteiger partial charge in [0.05, 0.1) is 6.54 Å². The third-order valence-corrected chi connectivity index (χ3v) is 5.58. The number of carbonyl (C=O) groups excluding carboxylic acids is 1. The van der Waals surface area contributed by atoms with E-state index in [1.165, 1.54) is 12.1 Å². The van der Waals surface area contributed by atoms with Crippen molar-refractivity contribution in [1.29, 1.82) is 0 Å². The summed E-state index contributed by atoms with van der Waals surface area (Å²) in [6.45, 7) is 5.89. The van der Waals surface area contributed by atoms with Gasteiger partial charge in [-0.3, -0.25) is 14.7 Å². The van der Waals surface area contributed by atoms with E-state index in [-0.39, 0.29) is 35.7 Å². The number of halogens is 2. The lowest BCUT2D eigenvalue weighted by molar-refractivity contribution is -0.122. The molecule has 0 unspecified atom stereocenters. The Kier molecular flexibility index (Phi) is 13.3. The second-order valence-corrected chi connectivity index (χ2v) is 8.01. The highest BCUT2D eigenvalue weighted by Gasteiger charge is 2.21. The first-order chi connectivity index (χ1) is 13.6. The van der Waals surface area contributed by atoms with E-state index in [0.29, 0.717) is 12.6 Å². The molecule has 0 radical (unpaired) electrons. The summed E-state index contributed by atoms with van der Waals surface area (Å²) in [6, 6.07) is 6.92. The van der Waals surface area contributed by atoms with E-state index in [9.17, 15) is 9.18 Å². The summed E-state index contributed by atoms with van der Waals surface area (Å²) in [6.07, 6.45) is 2.95. The summed E-state index contributed by atoms with van der Waals surface area (Å²) in [7, 11) is 1.77. The summed E-state index contributed by atoms with van der Waals surface area (Å²) in [4.78, 5) is 19.4. The van der Waals surface area contributed by atoms with Crippen LogP contribution in [-0.4, -0.2) is 68.3 Å². The number of rotatable bonds is 9. The number of carbonyl (C=O) groups is 1. The zero-order chi connectivity index (χ0) is 20.2. The van der Waals surface area contributed by atoms with Crippen LogP contribution >= 0.6 is 35.7 Å². The van der Waals surface area contributed by atoms with Crippen LogP contribution in [0.5, 0.6) is 0 Å². The smallest absolute Gasteiger partial charge is 0.234 e. The first-order valence-corrected chi connectivity index (χ1v) is 10.9. The van der Waals surface area contributed by atoms with Crippen LogP contribution in [0.1, 0.15) is 26.2 Å². The fraction of sp³-hybridized carbons (Fsp3) is 0.600. The molecule has 164 valence electrons. The maximum atomic E-state index is 12.9. The summed E-state index contributed by atoms with van der Waals surface area (Å²) in [5, 5.41) is 9.73. The Hall–Kier alpha value is -1.07. The van der Waals surface area contributed by atoms with Crippen molar-refractivity contribution >= 4 is 47.6 Å². The SMILES string of the molecule is CCCNC(=O)CN1CCC(NC(=NC)NCCSc2ccc(F)cc2)CC1.I. The molecule has 2 rings (SSSR count). The average molecular weight is 537 g/mol. The van der Waals surface area contributed by atoms with Crippen LogP contribution in [0.15, 0.2) is 34.2 Å². The molecule has 9 heteroatoms. The molecule has 1 aromatic rings. The first-order valence-electron chi connectivity index (χ1n) is 9.95. The third kappa shape index (κ3) is 10.5. The molecule has 6 nitrogen and oxygen atoms in total. The summed E-state index contributed by atoms with van der Waals surface area (Å²) in [5.41, 5.74) is 0. The molecule has 1 fully saturated rings. The number of hydrogen-bond acceptors (Lipinski definition) is 4. The van der Waals surface area contributed by atoms with E-state index in [4.69, 9.17) is 0 Å². The molecule has 0 saturated carbocycles. The largest absolute Gasteiger partial charge is 0.356 e. The molecule has 0 atom stereocenters. The molecule has 0 spiro atoms. The lowest BCUT2D eigenvalue weighted by atomic mass is 10.1. The highest BCUT2D eigenvalue weighted by atomic mass is 127. The predicted octanol–water partition coefficient (Wildman–Crippen LogP) is 2.69. The monoisotopic (exact) mass is 537 g/mol. The van der Waals surface area contributed by atoms with Crippen molar-refractivity contribution in [3.8, 4) is 0 Å². The van der Waals surface area contributed by atoms with Crippen molar-refractivity contribution in [1.82, 2.24) is 20.9 Å². The molecule has 0 bridgehead atoms. The van der Waals surface area contributed by atoms with E-state index < -0.39 is 0 Å². The van der Waals surface area contributed by atoms with Gasteiger partial charge in [0, 0.05) is 49.9 Å². The number of aliphatic imine (C=N–C) groups is 1. The van der Waals surface area contributed by atoms with Crippen molar-refractivity contribution in [2.75, 3.05) is 45.5 Å². The Morgan fingerprint density at radius 2 is 1.90 bits per heavy atom. The normalized spacial score (nSPS) is 15.5. The van der Waals surface area contributed by atoms with Gasteiger partial charge in [0.2, 0.25) is 5.91 Å². The Labute approximate surface area is 194 Å². The van der Waals surface area contributed by atoms with E-state index >= 15 is 0 Å². The quantitative estimate of drug-likeness (QED) is 0.149. The van der Waals surface area contributed by atoms with Gasteiger partial charge in [-0.05, 0) is 43.5 Å². The Bertz CT molecular complexity index is 624. The Morgan fingerprint density at radius 1 is 1.21 bits per heavy atom. The minimum atomic E-state index is -0.209. The maximum absolute atomic E-state index is 12.9. The molecule has 1 aliphatic rings. The molecule has 1 heterocycles. The van der Waals surface area contributed by atoms with Crippen molar-refractivity contribution in [2.45, 2.75) is 37.1 Å². The van der Waals surface area contributed by atoms with Crippen LogP contribution in [0, 0.1) is 5.82 Å². The van der Waals surface area contributed by atoms with Crippen molar-refractivity contribution in [3.63, 3.8) is 0 Å². The van der Waals surface area contributed by atoms with Gasteiger partial charge in [0.25, 0.3) is 0 Å². The lowest BCUT2D eigenvalue weighted by Gasteiger charge is -2.32. The van der Waals surface area contributed by atoms with Gasteiger partial charge >= 0.3 is 0 Å². The fourth-order valence-corrected chi connectivity index (χ4v) is 3.78. The van der Waals surface area contributed by atoms with Gasteiger partial charge < -0.3 is 16.0 Å². The van der Waals surface area contributed by atoms with Crippen LogP contribution in [0.4, 0.5) is 4.39 Å². The molecule has 0 aliphatic carbocycles. The number of guanidine groups is 1. The van der Waals surface area contributed by atoms with Crippen LogP contribution in [-0.2, 0) is 4.79 Å². The number of nitrogens with zero attached hydrogens (tertiary/aromatic N) is 2.